The molecule has 0 aliphatic carbocycles. The Bertz CT molecular complexity index is 999. The minimum atomic E-state index is -0.119. The molecule has 3 aromatic rings. The molecule has 0 aliphatic heterocycles. The number of amides is 1. The highest BCUT2D eigenvalue weighted by Crippen LogP contribution is 2.25. The molecule has 2 aromatic heterocycles. The summed E-state index contributed by atoms with van der Waals surface area (Å²) in [6.45, 7) is 0.731. The summed E-state index contributed by atoms with van der Waals surface area (Å²) >= 11 is 7.72. The molecule has 0 bridgehead atoms. The van der Waals surface area contributed by atoms with E-state index < -0.39 is 0 Å². The van der Waals surface area contributed by atoms with Crippen molar-refractivity contribution < 1.29 is 4.79 Å². The van der Waals surface area contributed by atoms with Crippen molar-refractivity contribution in [1.82, 2.24) is 19.8 Å². The van der Waals surface area contributed by atoms with Crippen molar-refractivity contribution in [1.29, 1.82) is 0 Å². The van der Waals surface area contributed by atoms with Crippen LogP contribution in [0.15, 0.2) is 46.8 Å². The molecule has 0 unspecified atom stereocenters. The molecule has 27 heavy (non-hydrogen) atoms. The van der Waals surface area contributed by atoms with E-state index in [-0.39, 0.29) is 23.9 Å². The molecule has 142 valence electrons. The van der Waals surface area contributed by atoms with Crippen LogP contribution in [0.25, 0.3) is 10.2 Å². The summed E-state index contributed by atoms with van der Waals surface area (Å²) < 4.78 is 1.48. The minimum Gasteiger partial charge on any atom is -0.354 e. The van der Waals surface area contributed by atoms with Crippen LogP contribution in [0.3, 0.4) is 0 Å². The van der Waals surface area contributed by atoms with Crippen LogP contribution < -0.4 is 10.9 Å². The van der Waals surface area contributed by atoms with E-state index in [4.69, 9.17) is 11.6 Å². The monoisotopic (exact) mass is 404 g/mol. The zero-order valence-corrected chi connectivity index (χ0v) is 16.8. The minimum absolute atomic E-state index is 0.0332. The Morgan fingerprint density at radius 3 is 2.85 bits per heavy atom. The highest BCUT2D eigenvalue weighted by molar-refractivity contribution is 7.16. The molecule has 0 aliphatic rings. The summed E-state index contributed by atoms with van der Waals surface area (Å²) in [5, 5.41) is 6.04. The number of halogens is 1. The van der Waals surface area contributed by atoms with Gasteiger partial charge in [0.1, 0.15) is 4.83 Å². The van der Waals surface area contributed by atoms with Gasteiger partial charge >= 0.3 is 0 Å². The Morgan fingerprint density at radius 2 is 2.11 bits per heavy atom. The molecule has 2 heterocycles. The SMILES string of the molecule is CN(C)[C@@H](CNC(=O)CCn1cnc2sccc2c1=O)c1ccccc1Cl. The fourth-order valence-electron chi connectivity index (χ4n) is 2.89. The van der Waals surface area contributed by atoms with Gasteiger partial charge in [-0.2, -0.15) is 0 Å². The van der Waals surface area contributed by atoms with E-state index in [1.807, 2.05) is 48.6 Å². The number of aromatic nitrogens is 2. The first-order chi connectivity index (χ1) is 13.0. The average Bonchev–Trinajstić information content (AvgIpc) is 3.12. The molecule has 8 heteroatoms. The highest BCUT2D eigenvalue weighted by Gasteiger charge is 2.18. The predicted molar refractivity (Wildman–Crippen MR) is 109 cm³/mol. The lowest BCUT2D eigenvalue weighted by molar-refractivity contribution is -0.121. The molecule has 1 amide bonds. The molecule has 1 N–H and O–H groups in total. The number of carbonyl (C=O) groups is 1. The molecule has 0 saturated carbocycles. The summed E-state index contributed by atoms with van der Waals surface area (Å²) in [6, 6.07) is 9.34. The maximum absolute atomic E-state index is 12.4. The van der Waals surface area contributed by atoms with Gasteiger partial charge in [-0.15, -0.1) is 11.3 Å². The molecule has 3 rings (SSSR count). The van der Waals surface area contributed by atoms with Crippen molar-refractivity contribution in [3.63, 3.8) is 0 Å². The first-order valence-electron chi connectivity index (χ1n) is 8.57. The number of aryl methyl sites for hydroxylation is 1. The third-order valence-electron chi connectivity index (χ3n) is 4.41. The normalized spacial score (nSPS) is 12.4. The third kappa shape index (κ3) is 4.55. The van der Waals surface area contributed by atoms with E-state index in [0.717, 1.165) is 5.56 Å². The zero-order chi connectivity index (χ0) is 19.4. The third-order valence-corrected chi connectivity index (χ3v) is 5.58. The molecular formula is C19H21ClN4O2S. The molecular weight excluding hydrogens is 384 g/mol. The summed E-state index contributed by atoms with van der Waals surface area (Å²) in [5.41, 5.74) is 0.851. The van der Waals surface area contributed by atoms with E-state index in [1.54, 1.807) is 6.07 Å². The maximum Gasteiger partial charge on any atom is 0.262 e. The summed E-state index contributed by atoms with van der Waals surface area (Å²) in [7, 11) is 3.89. The summed E-state index contributed by atoms with van der Waals surface area (Å²) in [5.74, 6) is -0.119. The topological polar surface area (TPSA) is 67.2 Å². The molecule has 0 spiro atoms. The molecule has 0 radical (unpaired) electrons. The molecule has 1 aromatic carbocycles. The van der Waals surface area contributed by atoms with Gasteiger partial charge in [0.25, 0.3) is 5.56 Å². The molecule has 0 fully saturated rings. The molecule has 0 saturated heterocycles. The number of rotatable bonds is 7. The fourth-order valence-corrected chi connectivity index (χ4v) is 3.87. The smallest absolute Gasteiger partial charge is 0.262 e. The molecule has 1 atom stereocenters. The van der Waals surface area contributed by atoms with Crippen LogP contribution in [-0.4, -0.2) is 41.0 Å². The Kier molecular flexibility index (Phi) is 6.26. The Hall–Kier alpha value is -2.22. The maximum atomic E-state index is 12.4. The number of fused-ring (bicyclic) bond motifs is 1. The number of benzene rings is 1. The average molecular weight is 405 g/mol. The van der Waals surface area contributed by atoms with Crippen LogP contribution in [0.5, 0.6) is 0 Å². The van der Waals surface area contributed by atoms with Gasteiger partial charge < -0.3 is 10.2 Å². The van der Waals surface area contributed by atoms with Crippen molar-refractivity contribution in [2.75, 3.05) is 20.6 Å². The lowest BCUT2D eigenvalue weighted by Gasteiger charge is -2.26. The number of hydrogen-bond donors (Lipinski definition) is 1. The van der Waals surface area contributed by atoms with E-state index in [1.165, 1.54) is 22.2 Å². The standard InChI is InChI=1S/C19H21ClN4O2S/c1-23(2)16(13-5-3-4-6-15(13)20)11-21-17(25)7-9-24-12-22-18-14(19(24)26)8-10-27-18/h3-6,8,10,12,16H,7,9,11H2,1-2H3,(H,21,25)/t16-/m0/s1. The van der Waals surface area contributed by atoms with Gasteiger partial charge in [-0.05, 0) is 37.2 Å². The van der Waals surface area contributed by atoms with Gasteiger partial charge in [-0.25, -0.2) is 4.98 Å². The van der Waals surface area contributed by atoms with Gasteiger partial charge in [0.2, 0.25) is 5.91 Å². The second-order valence-electron chi connectivity index (χ2n) is 6.44. The first kappa shape index (κ1) is 19.5. The number of carbonyl (C=O) groups excluding carboxylic acids is 1. The number of hydrogen-bond acceptors (Lipinski definition) is 5. The zero-order valence-electron chi connectivity index (χ0n) is 15.2. The van der Waals surface area contributed by atoms with Crippen LogP contribution in [-0.2, 0) is 11.3 Å². The summed E-state index contributed by atoms with van der Waals surface area (Å²) in [6.07, 6.45) is 1.71. The second-order valence-corrected chi connectivity index (χ2v) is 7.74. The van der Waals surface area contributed by atoms with Crippen molar-refractivity contribution in [2.24, 2.45) is 0 Å². The van der Waals surface area contributed by atoms with Crippen molar-refractivity contribution in [2.45, 2.75) is 19.0 Å². The van der Waals surface area contributed by atoms with E-state index in [9.17, 15) is 9.59 Å². The van der Waals surface area contributed by atoms with Crippen molar-refractivity contribution in [3.8, 4) is 0 Å². The van der Waals surface area contributed by atoms with Crippen LogP contribution in [0.2, 0.25) is 5.02 Å². The Balaban J connectivity index is 1.60. The Morgan fingerprint density at radius 1 is 1.33 bits per heavy atom. The van der Waals surface area contributed by atoms with Crippen LogP contribution >= 0.6 is 22.9 Å². The summed E-state index contributed by atoms with van der Waals surface area (Å²) in [4.78, 5) is 31.6. The van der Waals surface area contributed by atoms with Gasteiger partial charge in [0.05, 0.1) is 17.8 Å². The van der Waals surface area contributed by atoms with E-state index in [2.05, 4.69) is 10.3 Å². The first-order valence-corrected chi connectivity index (χ1v) is 9.83. The second kappa shape index (κ2) is 8.65. The number of nitrogens with one attached hydrogen (secondary N) is 1. The van der Waals surface area contributed by atoms with Crippen molar-refractivity contribution in [3.05, 3.63) is 63.0 Å². The fraction of sp³-hybridized carbons (Fsp3) is 0.316. The van der Waals surface area contributed by atoms with E-state index >= 15 is 0 Å². The number of nitrogens with zero attached hydrogens (tertiary/aromatic N) is 3. The van der Waals surface area contributed by atoms with E-state index in [0.29, 0.717) is 28.3 Å². The van der Waals surface area contributed by atoms with Crippen LogP contribution in [0, 0.1) is 0 Å². The number of thiophene rings is 1. The number of likely N-dealkylation sites (N-methyl/N-ethyl adjacent to an activating group) is 1. The lowest BCUT2D eigenvalue weighted by Crippen LogP contribution is -2.35. The highest BCUT2D eigenvalue weighted by atomic mass is 35.5. The van der Waals surface area contributed by atoms with Crippen molar-refractivity contribution >= 4 is 39.1 Å². The van der Waals surface area contributed by atoms with Gasteiger partial charge in [-0.1, -0.05) is 29.8 Å². The largest absolute Gasteiger partial charge is 0.354 e. The van der Waals surface area contributed by atoms with Gasteiger partial charge in [-0.3, -0.25) is 14.2 Å². The quantitative estimate of drug-likeness (QED) is 0.657. The van der Waals surface area contributed by atoms with Gasteiger partial charge in [0, 0.05) is 24.5 Å². The van der Waals surface area contributed by atoms with Gasteiger partial charge in [0.15, 0.2) is 0 Å². The lowest BCUT2D eigenvalue weighted by atomic mass is 10.1. The Labute approximate surface area is 166 Å². The van der Waals surface area contributed by atoms with Crippen LogP contribution in [0.1, 0.15) is 18.0 Å². The molecule has 6 nitrogen and oxygen atoms in total. The predicted octanol–water partition coefficient (Wildman–Crippen LogP) is 2.92. The van der Waals surface area contributed by atoms with Crippen LogP contribution in [0.4, 0.5) is 0 Å².